The number of fused-ring (bicyclic) bond motifs is 3. The molecule has 31 heavy (non-hydrogen) atoms. The van der Waals surface area contributed by atoms with Crippen LogP contribution in [0.5, 0.6) is 0 Å². The van der Waals surface area contributed by atoms with E-state index in [1.54, 1.807) is 40.3 Å². The smallest absolute Gasteiger partial charge is 0.273 e. The molecule has 3 atom stereocenters. The van der Waals surface area contributed by atoms with Crippen LogP contribution in [0.3, 0.4) is 0 Å². The second-order valence-corrected chi connectivity index (χ2v) is 7.76. The van der Waals surface area contributed by atoms with Crippen LogP contribution in [0, 0.1) is 5.82 Å². The molecule has 5 rings (SSSR count). The average molecular weight is 417 g/mol. The SMILES string of the molecule is O=C(c1cccc(F)c1)N1C[C@@H]2[C@H](c3ccccc31)[C@@H](CO)N2C(=O)c1ccccn1. The van der Waals surface area contributed by atoms with Gasteiger partial charge < -0.3 is 14.9 Å². The highest BCUT2D eigenvalue weighted by atomic mass is 19.1. The molecule has 1 fully saturated rings. The van der Waals surface area contributed by atoms with Crippen molar-refractivity contribution in [3.63, 3.8) is 0 Å². The number of carbonyl (C=O) groups excluding carboxylic acids is 2. The van der Waals surface area contributed by atoms with Crippen LogP contribution in [0.15, 0.2) is 72.9 Å². The number of pyridine rings is 1. The molecule has 2 aromatic carbocycles. The molecule has 0 aliphatic carbocycles. The van der Waals surface area contributed by atoms with Crippen molar-refractivity contribution in [2.45, 2.75) is 18.0 Å². The summed E-state index contributed by atoms with van der Waals surface area (Å²) in [7, 11) is 0. The van der Waals surface area contributed by atoms with Crippen LogP contribution >= 0.6 is 0 Å². The number of hydrogen-bond donors (Lipinski definition) is 1. The second kappa shape index (κ2) is 7.59. The summed E-state index contributed by atoms with van der Waals surface area (Å²) in [4.78, 5) is 33.8. The summed E-state index contributed by atoms with van der Waals surface area (Å²) >= 11 is 0. The van der Waals surface area contributed by atoms with Crippen molar-refractivity contribution in [3.05, 3.63) is 95.6 Å². The van der Waals surface area contributed by atoms with Gasteiger partial charge in [0.15, 0.2) is 0 Å². The fourth-order valence-corrected chi connectivity index (χ4v) is 4.76. The molecular weight excluding hydrogens is 397 g/mol. The Labute approximate surface area is 178 Å². The molecule has 0 spiro atoms. The lowest BCUT2D eigenvalue weighted by molar-refractivity contribution is -0.0250. The summed E-state index contributed by atoms with van der Waals surface area (Å²) in [5, 5.41) is 10.1. The first-order chi connectivity index (χ1) is 15.1. The standard InChI is InChI=1S/C24H20FN3O3/c25-16-7-5-6-15(12-16)23(30)27-13-20-22(17-8-1-2-10-19(17)27)21(14-29)28(20)24(31)18-9-3-4-11-26-18/h1-12,20-22,29H,13-14H2/t20-,21-,22+/m1/s1. The van der Waals surface area contributed by atoms with E-state index in [0.717, 1.165) is 11.3 Å². The van der Waals surface area contributed by atoms with Crippen LogP contribution in [0.25, 0.3) is 0 Å². The normalized spacial score (nSPS) is 21.7. The van der Waals surface area contributed by atoms with Crippen LogP contribution in [0.4, 0.5) is 10.1 Å². The highest BCUT2D eigenvalue weighted by Gasteiger charge is 2.55. The molecule has 1 N–H and O–H groups in total. The van der Waals surface area contributed by atoms with Gasteiger partial charge in [-0.3, -0.25) is 14.6 Å². The number of anilines is 1. The van der Waals surface area contributed by atoms with Gasteiger partial charge in [-0.2, -0.15) is 0 Å². The molecule has 0 saturated carbocycles. The molecule has 1 aromatic heterocycles. The zero-order chi connectivity index (χ0) is 21.5. The van der Waals surface area contributed by atoms with Crippen LogP contribution in [-0.4, -0.2) is 52.0 Å². The maximum absolute atomic E-state index is 13.7. The monoisotopic (exact) mass is 417 g/mol. The van der Waals surface area contributed by atoms with Crippen molar-refractivity contribution in [2.75, 3.05) is 18.1 Å². The summed E-state index contributed by atoms with van der Waals surface area (Å²) in [5.41, 5.74) is 2.16. The molecule has 0 unspecified atom stereocenters. The Kier molecular flexibility index (Phi) is 4.75. The number of likely N-dealkylation sites (tertiary alicyclic amines) is 1. The molecule has 1 saturated heterocycles. The van der Waals surface area contributed by atoms with Gasteiger partial charge in [-0.25, -0.2) is 4.39 Å². The van der Waals surface area contributed by atoms with Gasteiger partial charge in [0.2, 0.25) is 0 Å². The quantitative estimate of drug-likeness (QED) is 0.711. The Hall–Kier alpha value is -3.58. The molecule has 2 amide bonds. The third-order valence-corrected chi connectivity index (χ3v) is 6.12. The van der Waals surface area contributed by atoms with Gasteiger partial charge in [0.05, 0.1) is 18.7 Å². The Morgan fingerprint density at radius 1 is 1.03 bits per heavy atom. The largest absolute Gasteiger partial charge is 0.394 e. The lowest BCUT2D eigenvalue weighted by atomic mass is 9.71. The summed E-state index contributed by atoms with van der Waals surface area (Å²) in [5.74, 6) is -1.18. The summed E-state index contributed by atoms with van der Waals surface area (Å²) in [6, 6.07) is 17.5. The summed E-state index contributed by atoms with van der Waals surface area (Å²) in [6.07, 6.45) is 1.55. The number of amides is 2. The zero-order valence-electron chi connectivity index (χ0n) is 16.6. The van der Waals surface area contributed by atoms with Crippen LogP contribution < -0.4 is 4.90 Å². The van der Waals surface area contributed by atoms with E-state index in [1.165, 1.54) is 18.2 Å². The number of benzene rings is 2. The van der Waals surface area contributed by atoms with E-state index in [0.29, 0.717) is 5.69 Å². The molecule has 6 nitrogen and oxygen atoms in total. The van der Waals surface area contributed by atoms with E-state index in [9.17, 15) is 19.1 Å². The van der Waals surface area contributed by atoms with Gasteiger partial charge in [-0.15, -0.1) is 0 Å². The van der Waals surface area contributed by atoms with Gasteiger partial charge in [0.25, 0.3) is 11.8 Å². The minimum Gasteiger partial charge on any atom is -0.394 e. The third-order valence-electron chi connectivity index (χ3n) is 6.12. The number of hydrogen-bond acceptors (Lipinski definition) is 4. The van der Waals surface area contributed by atoms with Gasteiger partial charge in [-0.1, -0.05) is 30.3 Å². The summed E-state index contributed by atoms with van der Waals surface area (Å²) < 4.78 is 13.7. The predicted octanol–water partition coefficient (Wildman–Crippen LogP) is 2.85. The third kappa shape index (κ3) is 3.09. The van der Waals surface area contributed by atoms with Crippen molar-refractivity contribution in [3.8, 4) is 0 Å². The van der Waals surface area contributed by atoms with E-state index in [-0.39, 0.29) is 42.5 Å². The van der Waals surface area contributed by atoms with Crippen molar-refractivity contribution >= 4 is 17.5 Å². The van der Waals surface area contributed by atoms with Crippen molar-refractivity contribution in [1.82, 2.24) is 9.88 Å². The molecule has 0 bridgehead atoms. The fraction of sp³-hybridized carbons (Fsp3) is 0.208. The maximum Gasteiger partial charge on any atom is 0.273 e. The van der Waals surface area contributed by atoms with Crippen LogP contribution in [0.2, 0.25) is 0 Å². The molecular formula is C24H20FN3O3. The molecule has 3 aromatic rings. The van der Waals surface area contributed by atoms with Gasteiger partial charge in [-0.05, 0) is 42.0 Å². The first-order valence-corrected chi connectivity index (χ1v) is 10.1. The number of aliphatic hydroxyl groups excluding tert-OH is 1. The topological polar surface area (TPSA) is 73.7 Å². The van der Waals surface area contributed by atoms with Crippen LogP contribution in [-0.2, 0) is 0 Å². The van der Waals surface area contributed by atoms with E-state index >= 15 is 0 Å². The molecule has 156 valence electrons. The van der Waals surface area contributed by atoms with Crippen LogP contribution in [0.1, 0.15) is 32.3 Å². The van der Waals surface area contributed by atoms with Gasteiger partial charge >= 0.3 is 0 Å². The van der Waals surface area contributed by atoms with Gasteiger partial charge in [0, 0.05) is 29.9 Å². The minimum absolute atomic E-state index is 0.0922. The molecule has 3 heterocycles. The first kappa shape index (κ1) is 19.4. The number of carbonyl (C=O) groups is 2. The minimum atomic E-state index is -0.482. The number of nitrogens with zero attached hydrogens (tertiary/aromatic N) is 3. The molecule has 0 radical (unpaired) electrons. The first-order valence-electron chi connectivity index (χ1n) is 10.1. The second-order valence-electron chi connectivity index (χ2n) is 7.76. The van der Waals surface area contributed by atoms with E-state index in [1.807, 2.05) is 24.3 Å². The zero-order valence-corrected chi connectivity index (χ0v) is 16.6. The fourth-order valence-electron chi connectivity index (χ4n) is 4.76. The lowest BCUT2D eigenvalue weighted by Crippen LogP contribution is -2.70. The lowest BCUT2D eigenvalue weighted by Gasteiger charge is -2.58. The maximum atomic E-state index is 13.7. The molecule has 2 aliphatic rings. The molecule has 7 heteroatoms. The van der Waals surface area contributed by atoms with E-state index in [2.05, 4.69) is 4.98 Å². The van der Waals surface area contributed by atoms with E-state index < -0.39 is 11.9 Å². The van der Waals surface area contributed by atoms with Crippen molar-refractivity contribution < 1.29 is 19.1 Å². The highest BCUT2D eigenvalue weighted by Crippen LogP contribution is 2.48. The number of halogens is 1. The average Bonchev–Trinajstić information content (AvgIpc) is 2.79. The Bertz CT molecular complexity index is 1150. The van der Waals surface area contributed by atoms with Gasteiger partial charge in [0.1, 0.15) is 11.5 Å². The Morgan fingerprint density at radius 3 is 2.58 bits per heavy atom. The number of aromatic nitrogens is 1. The summed E-state index contributed by atoms with van der Waals surface area (Å²) in [6.45, 7) is 0.0675. The Balaban J connectivity index is 1.54. The predicted molar refractivity (Wildman–Crippen MR) is 112 cm³/mol. The van der Waals surface area contributed by atoms with Crippen molar-refractivity contribution in [2.24, 2.45) is 0 Å². The number of para-hydroxylation sites is 1. The van der Waals surface area contributed by atoms with E-state index in [4.69, 9.17) is 0 Å². The number of aliphatic hydroxyl groups is 1. The number of rotatable bonds is 3. The Morgan fingerprint density at radius 2 is 1.84 bits per heavy atom. The van der Waals surface area contributed by atoms with Crippen molar-refractivity contribution in [1.29, 1.82) is 0 Å². The molecule has 2 aliphatic heterocycles. The highest BCUT2D eigenvalue weighted by molar-refractivity contribution is 6.07.